The number of nitrogens with zero attached hydrogens (tertiary/aromatic N) is 2. The van der Waals surface area contributed by atoms with E-state index in [-0.39, 0.29) is 5.91 Å². The predicted octanol–water partition coefficient (Wildman–Crippen LogP) is 3.97. The average Bonchev–Trinajstić information content (AvgIpc) is 2.99. The summed E-state index contributed by atoms with van der Waals surface area (Å²) in [6.45, 7) is 0. The van der Waals surface area contributed by atoms with Crippen LogP contribution in [0.3, 0.4) is 0 Å². The van der Waals surface area contributed by atoms with Gasteiger partial charge in [0.2, 0.25) is 5.91 Å². The highest BCUT2D eigenvalue weighted by atomic mass is 19.4. The number of hydrogen-bond acceptors (Lipinski definition) is 2. The molecule has 4 nitrogen and oxygen atoms in total. The number of benzene rings is 1. The molecule has 7 heteroatoms. The molecule has 2 aromatic rings. The van der Waals surface area contributed by atoms with Crippen molar-refractivity contribution in [3.63, 3.8) is 0 Å². The number of aromatic nitrogens is 2. The van der Waals surface area contributed by atoms with Gasteiger partial charge in [-0.1, -0.05) is 12.1 Å². The zero-order valence-corrected chi connectivity index (χ0v) is 14.5. The number of fused-ring (bicyclic) bond motifs is 1. The standard InChI is InChI=1S/C19H22F3N3O/c20-19(21,22)18-15-6-2-3-7-16(15)25(24-18)14-11-9-13(10-12-14)5-1-4-8-17(23)26/h9-12H,1-8H2,(H2,23,26). The van der Waals surface area contributed by atoms with Crippen LogP contribution in [0, 0.1) is 0 Å². The highest BCUT2D eigenvalue weighted by Crippen LogP contribution is 2.36. The van der Waals surface area contributed by atoms with Gasteiger partial charge in [-0.2, -0.15) is 18.3 Å². The van der Waals surface area contributed by atoms with Crippen LogP contribution in [0.25, 0.3) is 5.69 Å². The summed E-state index contributed by atoms with van der Waals surface area (Å²) in [5.41, 5.74) is 7.12. The van der Waals surface area contributed by atoms with Crippen molar-refractivity contribution in [2.45, 2.75) is 57.5 Å². The zero-order chi connectivity index (χ0) is 18.7. The van der Waals surface area contributed by atoms with Gasteiger partial charge in [-0.25, -0.2) is 4.68 Å². The van der Waals surface area contributed by atoms with Crippen LogP contribution in [0.5, 0.6) is 0 Å². The molecule has 1 heterocycles. The first-order valence-corrected chi connectivity index (χ1v) is 8.92. The Hall–Kier alpha value is -2.31. The van der Waals surface area contributed by atoms with E-state index in [0.29, 0.717) is 36.2 Å². The number of carbonyl (C=O) groups excluding carboxylic acids is 1. The number of hydrogen-bond donors (Lipinski definition) is 1. The Bertz CT molecular complexity index is 779. The number of primary amides is 1. The van der Waals surface area contributed by atoms with Crippen LogP contribution in [0.2, 0.25) is 0 Å². The minimum atomic E-state index is -4.42. The molecule has 1 amide bonds. The van der Waals surface area contributed by atoms with E-state index in [0.717, 1.165) is 37.7 Å². The molecule has 3 rings (SSSR count). The second kappa shape index (κ2) is 7.51. The van der Waals surface area contributed by atoms with Crippen molar-refractivity contribution >= 4 is 5.91 Å². The molecule has 0 aliphatic heterocycles. The third kappa shape index (κ3) is 4.08. The van der Waals surface area contributed by atoms with E-state index in [1.807, 2.05) is 24.3 Å². The van der Waals surface area contributed by atoms with Crippen molar-refractivity contribution in [1.82, 2.24) is 9.78 Å². The third-order valence-electron chi connectivity index (χ3n) is 4.77. The molecule has 1 aromatic heterocycles. The molecule has 0 unspecified atom stereocenters. The Balaban J connectivity index is 1.79. The maximum atomic E-state index is 13.3. The molecule has 0 atom stereocenters. The van der Waals surface area contributed by atoms with Gasteiger partial charge in [0.05, 0.1) is 5.69 Å². The first-order chi connectivity index (χ1) is 12.4. The molecule has 0 saturated heterocycles. The second-order valence-electron chi connectivity index (χ2n) is 6.73. The van der Waals surface area contributed by atoms with Crippen LogP contribution in [-0.4, -0.2) is 15.7 Å². The van der Waals surface area contributed by atoms with Gasteiger partial charge in [-0.3, -0.25) is 4.79 Å². The lowest BCUT2D eigenvalue weighted by Gasteiger charge is -2.15. The minimum Gasteiger partial charge on any atom is -0.370 e. The first-order valence-electron chi connectivity index (χ1n) is 8.92. The highest BCUT2D eigenvalue weighted by molar-refractivity contribution is 5.73. The topological polar surface area (TPSA) is 60.9 Å². The number of unbranched alkanes of at least 4 members (excludes halogenated alkanes) is 1. The van der Waals surface area contributed by atoms with Crippen molar-refractivity contribution in [3.8, 4) is 5.69 Å². The fourth-order valence-electron chi connectivity index (χ4n) is 3.47. The van der Waals surface area contributed by atoms with Gasteiger partial charge in [-0.15, -0.1) is 0 Å². The Morgan fingerprint density at radius 3 is 2.46 bits per heavy atom. The summed E-state index contributed by atoms with van der Waals surface area (Å²) in [5.74, 6) is -0.302. The summed E-state index contributed by atoms with van der Waals surface area (Å²) in [4.78, 5) is 10.7. The Kier molecular flexibility index (Phi) is 5.34. The van der Waals surface area contributed by atoms with Gasteiger partial charge in [-0.05, 0) is 62.6 Å². The van der Waals surface area contributed by atoms with Crippen LogP contribution in [0.4, 0.5) is 13.2 Å². The molecule has 1 aliphatic rings. The van der Waals surface area contributed by atoms with Crippen molar-refractivity contribution in [2.24, 2.45) is 5.73 Å². The van der Waals surface area contributed by atoms with Gasteiger partial charge >= 0.3 is 6.18 Å². The normalized spacial score (nSPS) is 14.3. The van der Waals surface area contributed by atoms with Crippen molar-refractivity contribution < 1.29 is 18.0 Å². The van der Waals surface area contributed by atoms with Crippen molar-refractivity contribution in [2.75, 3.05) is 0 Å². The van der Waals surface area contributed by atoms with E-state index >= 15 is 0 Å². The number of aryl methyl sites for hydroxylation is 1. The molecule has 0 spiro atoms. The number of nitrogens with two attached hydrogens (primary N) is 1. The molecule has 1 aromatic carbocycles. The summed E-state index contributed by atoms with van der Waals surface area (Å²) in [6, 6.07) is 7.43. The molecule has 0 radical (unpaired) electrons. The van der Waals surface area contributed by atoms with Crippen LogP contribution in [-0.2, 0) is 30.2 Å². The maximum Gasteiger partial charge on any atom is 0.435 e. The summed E-state index contributed by atoms with van der Waals surface area (Å²) >= 11 is 0. The molecule has 0 fully saturated rings. The Morgan fingerprint density at radius 2 is 1.81 bits per heavy atom. The van der Waals surface area contributed by atoms with E-state index in [2.05, 4.69) is 5.10 Å². The quantitative estimate of drug-likeness (QED) is 0.788. The lowest BCUT2D eigenvalue weighted by Crippen LogP contribution is -2.11. The van der Waals surface area contributed by atoms with E-state index in [1.165, 1.54) is 4.68 Å². The van der Waals surface area contributed by atoms with E-state index < -0.39 is 11.9 Å². The van der Waals surface area contributed by atoms with Gasteiger partial charge in [0.1, 0.15) is 0 Å². The number of amides is 1. The molecule has 26 heavy (non-hydrogen) atoms. The molecule has 0 saturated carbocycles. The van der Waals surface area contributed by atoms with Crippen LogP contribution < -0.4 is 5.73 Å². The molecule has 2 N–H and O–H groups in total. The van der Waals surface area contributed by atoms with Gasteiger partial charge in [0, 0.05) is 17.7 Å². The van der Waals surface area contributed by atoms with Crippen LogP contribution >= 0.6 is 0 Å². The molecule has 140 valence electrons. The lowest BCUT2D eigenvalue weighted by atomic mass is 9.95. The van der Waals surface area contributed by atoms with Crippen molar-refractivity contribution in [3.05, 3.63) is 46.8 Å². The number of rotatable bonds is 6. The monoisotopic (exact) mass is 365 g/mol. The largest absolute Gasteiger partial charge is 0.435 e. The Labute approximate surface area is 150 Å². The fraction of sp³-hybridized carbons (Fsp3) is 0.474. The molecular formula is C19H22F3N3O. The van der Waals surface area contributed by atoms with E-state index in [1.54, 1.807) is 0 Å². The Morgan fingerprint density at radius 1 is 1.12 bits per heavy atom. The first kappa shape index (κ1) is 18.5. The lowest BCUT2D eigenvalue weighted by molar-refractivity contribution is -0.142. The summed E-state index contributed by atoms with van der Waals surface area (Å²) in [5, 5.41) is 3.90. The number of alkyl halides is 3. The van der Waals surface area contributed by atoms with Gasteiger partial charge < -0.3 is 5.73 Å². The molecular weight excluding hydrogens is 343 g/mol. The number of carbonyl (C=O) groups is 1. The van der Waals surface area contributed by atoms with Gasteiger partial charge in [0.15, 0.2) is 5.69 Å². The summed E-state index contributed by atoms with van der Waals surface area (Å²) in [6.07, 6.45) is 1.04. The van der Waals surface area contributed by atoms with Crippen LogP contribution in [0.15, 0.2) is 24.3 Å². The highest BCUT2D eigenvalue weighted by Gasteiger charge is 2.39. The average molecular weight is 365 g/mol. The van der Waals surface area contributed by atoms with Gasteiger partial charge in [0.25, 0.3) is 0 Å². The van der Waals surface area contributed by atoms with Crippen molar-refractivity contribution in [1.29, 1.82) is 0 Å². The van der Waals surface area contributed by atoms with Crippen LogP contribution in [0.1, 0.15) is 54.6 Å². The maximum absolute atomic E-state index is 13.3. The summed E-state index contributed by atoms with van der Waals surface area (Å²) < 4.78 is 41.3. The number of halogens is 3. The zero-order valence-electron chi connectivity index (χ0n) is 14.5. The molecule has 0 bridgehead atoms. The molecule has 1 aliphatic carbocycles. The predicted molar refractivity (Wildman–Crippen MR) is 92.0 cm³/mol. The van der Waals surface area contributed by atoms with E-state index in [9.17, 15) is 18.0 Å². The SMILES string of the molecule is NC(=O)CCCCc1ccc(-n2nc(C(F)(F)F)c3c2CCCC3)cc1. The second-order valence-corrected chi connectivity index (χ2v) is 6.73. The minimum absolute atomic E-state index is 0.302. The third-order valence-corrected chi connectivity index (χ3v) is 4.77. The fourth-order valence-corrected chi connectivity index (χ4v) is 3.47. The smallest absolute Gasteiger partial charge is 0.370 e. The summed E-state index contributed by atoms with van der Waals surface area (Å²) in [7, 11) is 0. The van der Waals surface area contributed by atoms with E-state index in [4.69, 9.17) is 5.73 Å².